The first-order valence-electron chi connectivity index (χ1n) is 8.94. The van der Waals surface area contributed by atoms with Crippen molar-refractivity contribution in [2.75, 3.05) is 20.8 Å². The Hall–Kier alpha value is -2.87. The van der Waals surface area contributed by atoms with E-state index in [0.29, 0.717) is 52.8 Å². The standard InChI is InChI=1S/C21H21FN2O4S/c1-26-20-11-23-21(27-2)17(24-20)9-15-8-16(12-25)18(10-19(15)29-22)28-13-14-6-4-3-5-7-14/h3-8,10,12,17H,9,11,13H2,1-2H3. The maximum Gasteiger partial charge on any atom is 0.209 e. The van der Waals surface area contributed by atoms with Crippen LogP contribution in [0.5, 0.6) is 5.75 Å². The highest BCUT2D eigenvalue weighted by molar-refractivity contribution is 7.94. The molecule has 29 heavy (non-hydrogen) atoms. The minimum absolute atomic E-state index is 0.0981. The first kappa shape index (κ1) is 20.9. The highest BCUT2D eigenvalue weighted by Gasteiger charge is 2.24. The molecular formula is C21H21FN2O4S. The zero-order valence-electron chi connectivity index (χ0n) is 16.1. The van der Waals surface area contributed by atoms with Gasteiger partial charge < -0.3 is 14.2 Å². The monoisotopic (exact) mass is 416 g/mol. The molecule has 2 aromatic rings. The van der Waals surface area contributed by atoms with Gasteiger partial charge in [0.05, 0.1) is 31.9 Å². The second kappa shape index (κ2) is 10.1. The number of halogens is 1. The summed E-state index contributed by atoms with van der Waals surface area (Å²) in [6, 6.07) is 12.3. The Morgan fingerprint density at radius 3 is 2.66 bits per heavy atom. The summed E-state index contributed by atoms with van der Waals surface area (Å²) in [5.74, 6) is 1.25. The van der Waals surface area contributed by atoms with Crippen LogP contribution in [0.1, 0.15) is 21.5 Å². The van der Waals surface area contributed by atoms with Gasteiger partial charge in [0.25, 0.3) is 0 Å². The van der Waals surface area contributed by atoms with E-state index >= 15 is 0 Å². The summed E-state index contributed by atoms with van der Waals surface area (Å²) < 4.78 is 29.9. The number of hydrogen-bond acceptors (Lipinski definition) is 7. The molecule has 3 rings (SSSR count). The molecule has 0 aliphatic carbocycles. The van der Waals surface area contributed by atoms with Gasteiger partial charge in [0.2, 0.25) is 11.8 Å². The van der Waals surface area contributed by atoms with E-state index in [4.69, 9.17) is 14.2 Å². The second-order valence-corrected chi connectivity index (χ2v) is 6.87. The predicted octanol–water partition coefficient (Wildman–Crippen LogP) is 4.07. The molecular weight excluding hydrogens is 395 g/mol. The summed E-state index contributed by atoms with van der Waals surface area (Å²) in [5, 5.41) is 0. The van der Waals surface area contributed by atoms with Crippen LogP contribution in [0.15, 0.2) is 57.3 Å². The summed E-state index contributed by atoms with van der Waals surface area (Å²) in [6.45, 7) is 0.578. The van der Waals surface area contributed by atoms with E-state index in [2.05, 4.69) is 9.98 Å². The van der Waals surface area contributed by atoms with Crippen LogP contribution in [0.4, 0.5) is 3.89 Å². The number of ether oxygens (including phenoxy) is 3. The minimum Gasteiger partial charge on any atom is -0.488 e. The van der Waals surface area contributed by atoms with Gasteiger partial charge in [-0.1, -0.05) is 30.3 Å². The molecule has 152 valence electrons. The molecule has 2 aromatic carbocycles. The van der Waals surface area contributed by atoms with Gasteiger partial charge in [0.15, 0.2) is 6.29 Å². The minimum atomic E-state index is -0.454. The van der Waals surface area contributed by atoms with E-state index in [1.54, 1.807) is 12.1 Å². The van der Waals surface area contributed by atoms with Crippen molar-refractivity contribution >= 4 is 30.2 Å². The molecule has 0 radical (unpaired) electrons. The Balaban J connectivity index is 1.85. The summed E-state index contributed by atoms with van der Waals surface area (Å²) in [6.07, 6.45) is 1.01. The van der Waals surface area contributed by atoms with Gasteiger partial charge in [0.1, 0.15) is 24.9 Å². The number of benzene rings is 2. The number of aliphatic imine (C=N–C) groups is 2. The largest absolute Gasteiger partial charge is 0.488 e. The lowest BCUT2D eigenvalue weighted by molar-refractivity contribution is 0.111. The van der Waals surface area contributed by atoms with Crippen molar-refractivity contribution in [3.05, 3.63) is 59.2 Å². The number of hydrogen-bond donors (Lipinski definition) is 0. The molecule has 1 aliphatic heterocycles. The fourth-order valence-corrected chi connectivity index (χ4v) is 3.38. The van der Waals surface area contributed by atoms with Gasteiger partial charge in [0, 0.05) is 11.3 Å². The van der Waals surface area contributed by atoms with Crippen molar-refractivity contribution in [3.8, 4) is 5.75 Å². The van der Waals surface area contributed by atoms with Crippen LogP contribution < -0.4 is 4.74 Å². The van der Waals surface area contributed by atoms with Gasteiger partial charge >= 0.3 is 0 Å². The molecule has 0 spiro atoms. The SMILES string of the molecule is COC1=NC(Cc2cc(C=O)c(OCc3ccccc3)cc2SF)C(OC)=NC1. The first-order valence-corrected chi connectivity index (χ1v) is 9.66. The lowest BCUT2D eigenvalue weighted by atomic mass is 10.0. The van der Waals surface area contributed by atoms with Crippen LogP contribution in [0, 0.1) is 0 Å². The summed E-state index contributed by atoms with van der Waals surface area (Å²) >= 11 is 0.0981. The smallest absolute Gasteiger partial charge is 0.209 e. The third kappa shape index (κ3) is 5.14. The van der Waals surface area contributed by atoms with Gasteiger partial charge in [-0.2, -0.15) is 3.89 Å². The van der Waals surface area contributed by atoms with Crippen molar-refractivity contribution in [2.45, 2.75) is 24.0 Å². The van der Waals surface area contributed by atoms with Crippen LogP contribution in [-0.4, -0.2) is 44.9 Å². The average Bonchev–Trinajstić information content (AvgIpc) is 2.78. The van der Waals surface area contributed by atoms with Crippen molar-refractivity contribution in [1.29, 1.82) is 0 Å². The Bertz CT molecular complexity index is 918. The molecule has 0 saturated carbocycles. The van der Waals surface area contributed by atoms with Crippen molar-refractivity contribution in [3.63, 3.8) is 0 Å². The molecule has 6 nitrogen and oxygen atoms in total. The lowest BCUT2D eigenvalue weighted by Crippen LogP contribution is -2.30. The average molecular weight is 416 g/mol. The molecule has 0 N–H and O–H groups in total. The van der Waals surface area contributed by atoms with Gasteiger partial charge in [-0.15, -0.1) is 0 Å². The first-order chi connectivity index (χ1) is 14.2. The predicted molar refractivity (Wildman–Crippen MR) is 111 cm³/mol. The molecule has 1 atom stereocenters. The highest BCUT2D eigenvalue weighted by atomic mass is 32.2. The van der Waals surface area contributed by atoms with Crippen molar-refractivity contribution < 1.29 is 22.9 Å². The fraction of sp³-hybridized carbons (Fsp3) is 0.286. The fourth-order valence-electron chi connectivity index (χ4n) is 2.99. The van der Waals surface area contributed by atoms with E-state index in [-0.39, 0.29) is 18.8 Å². The van der Waals surface area contributed by atoms with E-state index < -0.39 is 6.04 Å². The Morgan fingerprint density at radius 2 is 2.00 bits per heavy atom. The Labute approximate surface area is 173 Å². The van der Waals surface area contributed by atoms with Gasteiger partial charge in [-0.25, -0.2) is 9.98 Å². The molecule has 0 saturated heterocycles. The number of aldehydes is 1. The zero-order valence-corrected chi connectivity index (χ0v) is 16.9. The summed E-state index contributed by atoms with van der Waals surface area (Å²) in [7, 11) is 3.04. The zero-order chi connectivity index (χ0) is 20.6. The van der Waals surface area contributed by atoms with E-state index in [9.17, 15) is 8.68 Å². The van der Waals surface area contributed by atoms with E-state index in [0.717, 1.165) is 5.56 Å². The lowest BCUT2D eigenvalue weighted by Gasteiger charge is -2.21. The third-order valence-corrected chi connectivity index (χ3v) is 5.00. The number of carbonyl (C=O) groups is 1. The third-order valence-electron chi connectivity index (χ3n) is 4.45. The maximum absolute atomic E-state index is 13.7. The molecule has 8 heteroatoms. The number of nitrogens with zero attached hydrogens (tertiary/aromatic N) is 2. The molecule has 0 amide bonds. The van der Waals surface area contributed by atoms with Crippen LogP contribution in [0.25, 0.3) is 0 Å². The Morgan fingerprint density at radius 1 is 1.21 bits per heavy atom. The normalized spacial score (nSPS) is 15.9. The number of rotatable bonds is 7. The topological polar surface area (TPSA) is 69.5 Å². The van der Waals surface area contributed by atoms with Crippen LogP contribution in [0.2, 0.25) is 0 Å². The number of carbonyl (C=O) groups excluding carboxylic acids is 1. The van der Waals surface area contributed by atoms with Crippen LogP contribution in [0.3, 0.4) is 0 Å². The van der Waals surface area contributed by atoms with Crippen LogP contribution in [-0.2, 0) is 22.5 Å². The van der Waals surface area contributed by atoms with Crippen LogP contribution >= 0.6 is 12.1 Å². The van der Waals surface area contributed by atoms with E-state index in [1.165, 1.54) is 14.2 Å². The molecule has 0 fully saturated rings. The number of methoxy groups -OCH3 is 2. The second-order valence-electron chi connectivity index (χ2n) is 6.27. The molecule has 1 aliphatic rings. The molecule has 1 unspecified atom stereocenters. The highest BCUT2D eigenvalue weighted by Crippen LogP contribution is 2.32. The summed E-state index contributed by atoms with van der Waals surface area (Å²) in [5.41, 5.74) is 1.91. The molecule has 0 bridgehead atoms. The van der Waals surface area contributed by atoms with E-state index in [1.807, 2.05) is 30.3 Å². The summed E-state index contributed by atoms with van der Waals surface area (Å²) in [4.78, 5) is 20.7. The quantitative estimate of drug-likeness (QED) is 0.637. The van der Waals surface area contributed by atoms with Gasteiger partial charge in [-0.3, -0.25) is 4.79 Å². The Kier molecular flexibility index (Phi) is 7.24. The maximum atomic E-state index is 13.7. The van der Waals surface area contributed by atoms with Gasteiger partial charge in [-0.05, 0) is 23.3 Å². The molecule has 0 aromatic heterocycles. The van der Waals surface area contributed by atoms with Crippen molar-refractivity contribution in [1.82, 2.24) is 0 Å². The molecule has 1 heterocycles. The van der Waals surface area contributed by atoms with Crippen molar-refractivity contribution in [2.24, 2.45) is 9.98 Å².